The van der Waals surface area contributed by atoms with Crippen LogP contribution in [0.25, 0.3) is 0 Å². The molecular weight excluding hydrogens is 286 g/mol. The summed E-state index contributed by atoms with van der Waals surface area (Å²) in [4.78, 5) is 23.4. The van der Waals surface area contributed by atoms with Gasteiger partial charge in [-0.1, -0.05) is 6.42 Å². The van der Waals surface area contributed by atoms with Crippen molar-refractivity contribution >= 4 is 17.6 Å². The summed E-state index contributed by atoms with van der Waals surface area (Å²) in [5, 5.41) is 12.0. The van der Waals surface area contributed by atoms with Crippen molar-refractivity contribution < 1.29 is 24.2 Å². The molecule has 1 aliphatic heterocycles. The van der Waals surface area contributed by atoms with Crippen molar-refractivity contribution in [1.82, 2.24) is 0 Å². The number of anilines is 1. The predicted octanol–water partition coefficient (Wildman–Crippen LogP) is 2.29. The third-order valence-corrected chi connectivity index (χ3v) is 4.20. The number of hydrogen-bond acceptors (Lipinski definition) is 4. The topological polar surface area (TPSA) is 84.9 Å². The van der Waals surface area contributed by atoms with E-state index in [-0.39, 0.29) is 11.8 Å². The first-order valence-electron chi connectivity index (χ1n) is 7.57. The summed E-state index contributed by atoms with van der Waals surface area (Å²) in [6, 6.07) is 5.28. The quantitative estimate of drug-likeness (QED) is 0.895. The predicted molar refractivity (Wildman–Crippen MR) is 79.1 cm³/mol. The Morgan fingerprint density at radius 1 is 1.09 bits per heavy atom. The average molecular weight is 305 g/mol. The number of carbonyl (C=O) groups excluding carboxylic acids is 1. The SMILES string of the molecule is O=C(O)C1CCCC(C(=O)Nc2ccc3c(c2)OCCO3)C1. The lowest BCUT2D eigenvalue weighted by Gasteiger charge is -2.26. The second kappa shape index (κ2) is 6.25. The fourth-order valence-corrected chi connectivity index (χ4v) is 3.02. The molecule has 0 spiro atoms. The monoisotopic (exact) mass is 305 g/mol. The van der Waals surface area contributed by atoms with Crippen LogP contribution in [0.3, 0.4) is 0 Å². The van der Waals surface area contributed by atoms with Gasteiger partial charge in [-0.05, 0) is 31.4 Å². The maximum Gasteiger partial charge on any atom is 0.306 e. The number of fused-ring (bicyclic) bond motifs is 1. The summed E-state index contributed by atoms with van der Waals surface area (Å²) in [7, 11) is 0. The number of carbonyl (C=O) groups is 2. The molecular formula is C16H19NO5. The number of benzene rings is 1. The third-order valence-electron chi connectivity index (χ3n) is 4.20. The van der Waals surface area contributed by atoms with Crippen LogP contribution >= 0.6 is 0 Å². The van der Waals surface area contributed by atoms with Gasteiger partial charge in [0.05, 0.1) is 5.92 Å². The Kier molecular flexibility index (Phi) is 4.18. The number of carboxylic acids is 1. The van der Waals surface area contributed by atoms with Crippen LogP contribution in [0.1, 0.15) is 25.7 Å². The van der Waals surface area contributed by atoms with Gasteiger partial charge in [0, 0.05) is 17.7 Å². The van der Waals surface area contributed by atoms with Gasteiger partial charge in [-0.25, -0.2) is 0 Å². The zero-order valence-electron chi connectivity index (χ0n) is 12.2. The molecule has 0 aromatic heterocycles. The molecule has 0 bridgehead atoms. The Balaban J connectivity index is 1.65. The molecule has 2 atom stereocenters. The van der Waals surface area contributed by atoms with Gasteiger partial charge in [0.1, 0.15) is 13.2 Å². The van der Waals surface area contributed by atoms with E-state index in [1.54, 1.807) is 18.2 Å². The number of aliphatic carboxylic acids is 1. The lowest BCUT2D eigenvalue weighted by atomic mass is 9.81. The highest BCUT2D eigenvalue weighted by Crippen LogP contribution is 2.34. The first-order chi connectivity index (χ1) is 10.6. The molecule has 0 radical (unpaired) electrons. The Labute approximate surface area is 128 Å². The van der Waals surface area contributed by atoms with E-state index < -0.39 is 11.9 Å². The first kappa shape index (κ1) is 14.7. The van der Waals surface area contributed by atoms with Crippen molar-refractivity contribution in [3.8, 4) is 11.5 Å². The van der Waals surface area contributed by atoms with E-state index in [1.807, 2.05) is 0 Å². The highest BCUT2D eigenvalue weighted by atomic mass is 16.6. The van der Waals surface area contributed by atoms with E-state index in [1.165, 1.54) is 0 Å². The molecule has 3 rings (SSSR count). The maximum absolute atomic E-state index is 12.3. The van der Waals surface area contributed by atoms with Gasteiger partial charge in [0.2, 0.25) is 5.91 Å². The Hall–Kier alpha value is -2.24. The molecule has 118 valence electrons. The summed E-state index contributed by atoms with van der Waals surface area (Å²) in [6.45, 7) is 1.02. The van der Waals surface area contributed by atoms with Crippen molar-refractivity contribution in [2.24, 2.45) is 11.8 Å². The fourth-order valence-electron chi connectivity index (χ4n) is 3.02. The normalized spacial score (nSPS) is 23.6. The Morgan fingerprint density at radius 3 is 2.59 bits per heavy atom. The minimum atomic E-state index is -0.808. The van der Waals surface area contributed by atoms with Gasteiger partial charge < -0.3 is 19.9 Å². The van der Waals surface area contributed by atoms with Crippen molar-refractivity contribution in [2.45, 2.75) is 25.7 Å². The van der Waals surface area contributed by atoms with Crippen LogP contribution < -0.4 is 14.8 Å². The zero-order valence-corrected chi connectivity index (χ0v) is 12.2. The van der Waals surface area contributed by atoms with Crippen LogP contribution in [0.15, 0.2) is 18.2 Å². The van der Waals surface area contributed by atoms with Gasteiger partial charge in [-0.2, -0.15) is 0 Å². The summed E-state index contributed by atoms with van der Waals surface area (Å²) >= 11 is 0. The number of ether oxygens (including phenoxy) is 2. The Bertz CT molecular complexity index is 586. The minimum absolute atomic E-state index is 0.123. The molecule has 1 fully saturated rings. The fraction of sp³-hybridized carbons (Fsp3) is 0.500. The van der Waals surface area contributed by atoms with Crippen molar-refractivity contribution in [2.75, 3.05) is 18.5 Å². The Morgan fingerprint density at radius 2 is 1.82 bits per heavy atom. The van der Waals surface area contributed by atoms with Crippen LogP contribution in [-0.2, 0) is 9.59 Å². The summed E-state index contributed by atoms with van der Waals surface area (Å²) < 4.78 is 10.9. The first-order valence-corrected chi connectivity index (χ1v) is 7.57. The summed E-state index contributed by atoms with van der Waals surface area (Å²) in [5.74, 6) is -0.295. The second-order valence-corrected chi connectivity index (χ2v) is 5.75. The average Bonchev–Trinajstić information content (AvgIpc) is 2.55. The van der Waals surface area contributed by atoms with E-state index in [9.17, 15) is 9.59 Å². The van der Waals surface area contributed by atoms with Crippen molar-refractivity contribution in [1.29, 1.82) is 0 Å². The lowest BCUT2D eigenvalue weighted by molar-refractivity contribution is -0.143. The molecule has 2 aliphatic rings. The van der Waals surface area contributed by atoms with Crippen LogP contribution in [-0.4, -0.2) is 30.2 Å². The van der Waals surface area contributed by atoms with E-state index in [0.29, 0.717) is 43.2 Å². The lowest BCUT2D eigenvalue weighted by Crippen LogP contribution is -2.31. The zero-order chi connectivity index (χ0) is 15.5. The summed E-state index contributed by atoms with van der Waals surface area (Å²) in [5.41, 5.74) is 0.645. The standard InChI is InChI=1S/C16H19NO5/c18-15(10-2-1-3-11(8-10)16(19)20)17-12-4-5-13-14(9-12)22-7-6-21-13/h4-5,9-11H,1-3,6-8H2,(H,17,18)(H,19,20). The minimum Gasteiger partial charge on any atom is -0.486 e. The van der Waals surface area contributed by atoms with Crippen molar-refractivity contribution in [3.05, 3.63) is 18.2 Å². The van der Waals surface area contributed by atoms with Gasteiger partial charge in [0.15, 0.2) is 11.5 Å². The van der Waals surface area contributed by atoms with E-state index in [4.69, 9.17) is 14.6 Å². The van der Waals surface area contributed by atoms with Gasteiger partial charge in [0.25, 0.3) is 0 Å². The van der Waals surface area contributed by atoms with E-state index in [0.717, 1.165) is 12.8 Å². The number of amides is 1. The molecule has 1 aliphatic carbocycles. The molecule has 0 saturated heterocycles. The molecule has 1 heterocycles. The van der Waals surface area contributed by atoms with Crippen LogP contribution in [0.5, 0.6) is 11.5 Å². The maximum atomic E-state index is 12.3. The molecule has 2 N–H and O–H groups in total. The smallest absolute Gasteiger partial charge is 0.306 e. The van der Waals surface area contributed by atoms with Crippen LogP contribution in [0.2, 0.25) is 0 Å². The number of hydrogen-bond donors (Lipinski definition) is 2. The molecule has 1 aromatic rings. The molecule has 6 nitrogen and oxygen atoms in total. The second-order valence-electron chi connectivity index (χ2n) is 5.75. The molecule has 1 amide bonds. The molecule has 1 aromatic carbocycles. The third kappa shape index (κ3) is 3.16. The molecule has 2 unspecified atom stereocenters. The highest BCUT2D eigenvalue weighted by Gasteiger charge is 2.31. The van der Waals surface area contributed by atoms with E-state index in [2.05, 4.69) is 5.32 Å². The molecule has 22 heavy (non-hydrogen) atoms. The van der Waals surface area contributed by atoms with Gasteiger partial charge in [-0.15, -0.1) is 0 Å². The number of carboxylic acid groups (broad SMARTS) is 1. The largest absolute Gasteiger partial charge is 0.486 e. The number of nitrogens with one attached hydrogen (secondary N) is 1. The molecule has 6 heteroatoms. The number of rotatable bonds is 3. The van der Waals surface area contributed by atoms with Crippen LogP contribution in [0, 0.1) is 11.8 Å². The van der Waals surface area contributed by atoms with Gasteiger partial charge in [-0.3, -0.25) is 9.59 Å². The van der Waals surface area contributed by atoms with E-state index >= 15 is 0 Å². The molecule has 1 saturated carbocycles. The van der Waals surface area contributed by atoms with Crippen LogP contribution in [0.4, 0.5) is 5.69 Å². The van der Waals surface area contributed by atoms with Gasteiger partial charge >= 0.3 is 5.97 Å². The van der Waals surface area contributed by atoms with Crippen molar-refractivity contribution in [3.63, 3.8) is 0 Å². The summed E-state index contributed by atoms with van der Waals surface area (Å²) in [6.07, 6.45) is 2.57. The highest BCUT2D eigenvalue weighted by molar-refractivity contribution is 5.93.